The molecule has 9 atom stereocenters. The maximum atomic E-state index is 11.0. The second-order valence-corrected chi connectivity index (χ2v) is 15.3. The molecule has 5 fully saturated rings. The molecule has 0 saturated heterocycles. The van der Waals surface area contributed by atoms with E-state index >= 15 is 0 Å². The summed E-state index contributed by atoms with van der Waals surface area (Å²) in [6.45, 7) is 0. The third-order valence-corrected chi connectivity index (χ3v) is 12.4. The van der Waals surface area contributed by atoms with Crippen LogP contribution in [0.3, 0.4) is 0 Å². The van der Waals surface area contributed by atoms with Crippen LogP contribution >= 0.6 is 0 Å². The maximum absolute atomic E-state index is 11.0. The maximum Gasteiger partial charge on any atom is 0.0568 e. The van der Waals surface area contributed by atoms with Crippen LogP contribution in [0.5, 0.6) is 0 Å². The van der Waals surface area contributed by atoms with Crippen LogP contribution in [0.25, 0.3) is 0 Å². The molecule has 0 amide bonds. The van der Waals surface area contributed by atoms with Crippen LogP contribution in [-0.4, -0.2) is 56.1 Å². The van der Waals surface area contributed by atoms with Gasteiger partial charge in [0.1, 0.15) is 0 Å². The van der Waals surface area contributed by atoms with Crippen molar-refractivity contribution in [2.75, 3.05) is 0 Å². The summed E-state index contributed by atoms with van der Waals surface area (Å²) in [5, 5.41) is 52.4. The van der Waals surface area contributed by atoms with Gasteiger partial charge in [-0.25, -0.2) is 0 Å². The van der Waals surface area contributed by atoms with Crippen molar-refractivity contribution >= 4 is 0 Å². The lowest BCUT2D eigenvalue weighted by Crippen LogP contribution is -2.37. The van der Waals surface area contributed by atoms with Gasteiger partial charge >= 0.3 is 0 Å². The van der Waals surface area contributed by atoms with Crippen LogP contribution < -0.4 is 0 Å². The van der Waals surface area contributed by atoms with Crippen molar-refractivity contribution in [3.05, 3.63) is 0 Å². The second kappa shape index (κ2) is 14.3. The molecule has 0 aromatic carbocycles. The van der Waals surface area contributed by atoms with Crippen molar-refractivity contribution in [1.82, 2.24) is 0 Å². The Morgan fingerprint density at radius 2 is 0.590 bits per heavy atom. The highest BCUT2D eigenvalue weighted by atomic mass is 16.3. The summed E-state index contributed by atoms with van der Waals surface area (Å²) in [5.74, 6) is 4.59. The Kier molecular flexibility index (Phi) is 11.1. The van der Waals surface area contributed by atoms with E-state index in [0.29, 0.717) is 35.5 Å². The minimum Gasteiger partial charge on any atom is -0.393 e. The van der Waals surface area contributed by atoms with E-state index in [9.17, 15) is 25.5 Å². The number of aliphatic hydroxyl groups excluding tert-OH is 5. The highest BCUT2D eigenvalue weighted by Crippen LogP contribution is 2.45. The number of aliphatic hydroxyl groups is 5. The van der Waals surface area contributed by atoms with Crippen LogP contribution in [0.4, 0.5) is 0 Å². The average molecular weight is 549 g/mol. The molecule has 0 heterocycles. The molecule has 0 radical (unpaired) electrons. The first-order valence-electron chi connectivity index (χ1n) is 17.2. The van der Waals surface area contributed by atoms with E-state index in [1.165, 1.54) is 32.1 Å². The Balaban J connectivity index is 1.09. The topological polar surface area (TPSA) is 101 Å². The van der Waals surface area contributed by atoms with Crippen molar-refractivity contribution < 1.29 is 25.5 Å². The Bertz CT molecular complexity index is 714. The Hall–Kier alpha value is -0.200. The molecule has 0 aliphatic heterocycles. The summed E-state index contributed by atoms with van der Waals surface area (Å²) in [7, 11) is 0. The summed E-state index contributed by atoms with van der Waals surface area (Å²) in [6, 6.07) is 0. The first kappa shape index (κ1) is 30.3. The van der Waals surface area contributed by atoms with Gasteiger partial charge in [0.2, 0.25) is 0 Å². The van der Waals surface area contributed by atoms with E-state index < -0.39 is 0 Å². The van der Waals surface area contributed by atoms with E-state index in [4.69, 9.17) is 0 Å². The standard InChI is InChI=1S/C34H60O5/c35-30-8-1-22(2-9-30)15-24-5-12-33(38)28(17-24)19-26-7-14-34(39)29(21-26)20-25-6-13-32(37)27(18-25)16-23-3-10-31(36)11-4-23/h22-39H,1-21H2. The van der Waals surface area contributed by atoms with Crippen molar-refractivity contribution in [3.63, 3.8) is 0 Å². The van der Waals surface area contributed by atoms with Gasteiger partial charge in [-0.1, -0.05) is 0 Å². The zero-order valence-electron chi connectivity index (χ0n) is 24.6. The molecule has 0 aromatic rings. The summed E-state index contributed by atoms with van der Waals surface area (Å²) in [5.41, 5.74) is 0. The van der Waals surface area contributed by atoms with Crippen LogP contribution in [0.2, 0.25) is 0 Å². The predicted octanol–water partition coefficient (Wildman–Crippen LogP) is 5.98. The van der Waals surface area contributed by atoms with Gasteiger partial charge in [-0.3, -0.25) is 0 Å². The molecule has 9 unspecified atom stereocenters. The lowest BCUT2D eigenvalue weighted by Gasteiger charge is -2.42. The van der Waals surface area contributed by atoms with Gasteiger partial charge in [-0.2, -0.15) is 0 Å². The Morgan fingerprint density at radius 1 is 0.308 bits per heavy atom. The quantitative estimate of drug-likeness (QED) is 0.257. The fourth-order valence-corrected chi connectivity index (χ4v) is 9.95. The largest absolute Gasteiger partial charge is 0.393 e. The van der Waals surface area contributed by atoms with Crippen LogP contribution in [0, 0.1) is 47.3 Å². The van der Waals surface area contributed by atoms with E-state index in [-0.39, 0.29) is 30.5 Å². The van der Waals surface area contributed by atoms with Gasteiger partial charge in [0.05, 0.1) is 30.5 Å². The smallest absolute Gasteiger partial charge is 0.0568 e. The lowest BCUT2D eigenvalue weighted by atomic mass is 9.66. The first-order chi connectivity index (χ1) is 18.8. The zero-order valence-corrected chi connectivity index (χ0v) is 24.6. The van der Waals surface area contributed by atoms with Gasteiger partial charge in [0.25, 0.3) is 0 Å². The van der Waals surface area contributed by atoms with Crippen LogP contribution in [-0.2, 0) is 0 Å². The SMILES string of the molecule is OC1CCC(CC2CCC(O)C(CC3CCC(O)C(CC4CCC(O)C(CC5CCC(O)CC5)C4)C3)C2)CC1. The number of hydrogen-bond donors (Lipinski definition) is 5. The molecule has 5 aliphatic rings. The normalized spacial score (nSPS) is 48.1. The van der Waals surface area contributed by atoms with E-state index in [1.807, 2.05) is 0 Å². The molecular weight excluding hydrogens is 488 g/mol. The second-order valence-electron chi connectivity index (χ2n) is 15.3. The fourth-order valence-electron chi connectivity index (χ4n) is 9.95. The van der Waals surface area contributed by atoms with Gasteiger partial charge in [-0.15, -0.1) is 0 Å². The summed E-state index contributed by atoms with van der Waals surface area (Å²) >= 11 is 0. The highest BCUT2D eigenvalue weighted by Gasteiger charge is 2.38. The molecule has 5 N–H and O–H groups in total. The number of rotatable bonds is 8. The Labute approximate surface area is 238 Å². The molecule has 226 valence electrons. The highest BCUT2D eigenvalue weighted by molar-refractivity contribution is 4.90. The summed E-state index contributed by atoms with van der Waals surface area (Å²) < 4.78 is 0. The van der Waals surface area contributed by atoms with Crippen molar-refractivity contribution in [2.45, 2.75) is 165 Å². The zero-order chi connectivity index (χ0) is 27.4. The minimum atomic E-state index is -0.183. The molecule has 0 spiro atoms. The van der Waals surface area contributed by atoms with E-state index in [2.05, 4.69) is 0 Å². The van der Waals surface area contributed by atoms with E-state index in [0.717, 1.165) is 115 Å². The molecule has 5 nitrogen and oxygen atoms in total. The van der Waals surface area contributed by atoms with Crippen LogP contribution in [0.15, 0.2) is 0 Å². The van der Waals surface area contributed by atoms with Crippen molar-refractivity contribution in [2.24, 2.45) is 47.3 Å². The molecular formula is C34H60O5. The molecule has 0 aromatic heterocycles. The molecule has 5 heteroatoms. The average Bonchev–Trinajstić information content (AvgIpc) is 2.92. The van der Waals surface area contributed by atoms with Gasteiger partial charge in [0.15, 0.2) is 0 Å². The minimum absolute atomic E-state index is 0.0757. The number of hydrogen-bond acceptors (Lipinski definition) is 5. The van der Waals surface area contributed by atoms with Crippen molar-refractivity contribution in [3.8, 4) is 0 Å². The summed E-state index contributed by atoms with van der Waals surface area (Å²) in [4.78, 5) is 0. The van der Waals surface area contributed by atoms with E-state index in [1.54, 1.807) is 0 Å². The van der Waals surface area contributed by atoms with Crippen molar-refractivity contribution in [1.29, 1.82) is 0 Å². The third kappa shape index (κ3) is 8.66. The van der Waals surface area contributed by atoms with Gasteiger partial charge in [0, 0.05) is 0 Å². The predicted molar refractivity (Wildman–Crippen MR) is 155 cm³/mol. The molecule has 5 rings (SSSR count). The monoisotopic (exact) mass is 548 g/mol. The summed E-state index contributed by atoms with van der Waals surface area (Å²) in [6.07, 6.45) is 21.8. The molecule has 5 aliphatic carbocycles. The van der Waals surface area contributed by atoms with Gasteiger partial charge in [-0.05, 0) is 182 Å². The van der Waals surface area contributed by atoms with Crippen LogP contribution in [0.1, 0.15) is 135 Å². The molecule has 39 heavy (non-hydrogen) atoms. The first-order valence-corrected chi connectivity index (χ1v) is 17.2. The fraction of sp³-hybridized carbons (Fsp3) is 1.00. The molecule has 0 bridgehead atoms. The lowest BCUT2D eigenvalue weighted by molar-refractivity contribution is -0.0126. The molecule has 5 saturated carbocycles. The third-order valence-electron chi connectivity index (χ3n) is 12.4. The Morgan fingerprint density at radius 3 is 0.974 bits per heavy atom. The van der Waals surface area contributed by atoms with Gasteiger partial charge < -0.3 is 25.5 Å².